The van der Waals surface area contributed by atoms with Crippen LogP contribution in [0.4, 0.5) is 0 Å². The smallest absolute Gasteiger partial charge is 0.245 e. The number of rotatable bonds is 8. The SMILES string of the molecule is O=C(NCC(c1ccccc1)c1c[nH]c2ccccc12)C(Cc1ccccc1)n1cnnn1. The van der Waals surface area contributed by atoms with Crippen molar-refractivity contribution in [2.75, 3.05) is 6.54 Å². The summed E-state index contributed by atoms with van der Waals surface area (Å²) in [7, 11) is 0. The fourth-order valence-corrected chi connectivity index (χ4v) is 4.25. The van der Waals surface area contributed by atoms with Crippen molar-refractivity contribution >= 4 is 16.8 Å². The first-order valence-corrected chi connectivity index (χ1v) is 10.9. The lowest BCUT2D eigenvalue weighted by Crippen LogP contribution is -2.36. The van der Waals surface area contributed by atoms with Gasteiger partial charge in [-0.3, -0.25) is 4.79 Å². The molecule has 0 aliphatic carbocycles. The molecule has 0 aliphatic heterocycles. The first-order valence-electron chi connectivity index (χ1n) is 10.9. The molecule has 7 nitrogen and oxygen atoms in total. The Kier molecular flexibility index (Phi) is 5.93. The standard InChI is InChI=1S/C26H24N6O/c33-26(25(32-18-29-30-31-32)15-19-9-3-1-4-10-19)28-16-22(20-11-5-2-6-12-20)23-17-27-24-14-8-7-13-21(23)24/h1-14,17-18,22,25,27H,15-16H2,(H,28,33). The van der Waals surface area contributed by atoms with E-state index in [0.717, 1.165) is 27.6 Å². The molecule has 2 unspecified atom stereocenters. The summed E-state index contributed by atoms with van der Waals surface area (Å²) in [6.07, 6.45) is 4.03. The molecule has 3 aromatic carbocycles. The minimum absolute atomic E-state index is 0.00227. The summed E-state index contributed by atoms with van der Waals surface area (Å²) in [5.41, 5.74) is 4.42. The molecule has 164 valence electrons. The van der Waals surface area contributed by atoms with Gasteiger partial charge in [0, 0.05) is 36.0 Å². The predicted molar refractivity (Wildman–Crippen MR) is 127 cm³/mol. The third kappa shape index (κ3) is 4.52. The molecule has 2 aromatic heterocycles. The number of para-hydroxylation sites is 1. The Morgan fingerprint density at radius 1 is 0.939 bits per heavy atom. The number of fused-ring (bicyclic) bond motifs is 1. The van der Waals surface area contributed by atoms with Crippen molar-refractivity contribution < 1.29 is 4.79 Å². The summed E-state index contributed by atoms with van der Waals surface area (Å²) in [6, 6.07) is 27.8. The number of nitrogens with zero attached hydrogens (tertiary/aromatic N) is 4. The number of nitrogens with one attached hydrogen (secondary N) is 2. The molecule has 2 atom stereocenters. The van der Waals surface area contributed by atoms with Gasteiger partial charge in [0.25, 0.3) is 0 Å². The number of benzene rings is 3. The zero-order valence-electron chi connectivity index (χ0n) is 18.0. The summed E-state index contributed by atoms with van der Waals surface area (Å²) in [6.45, 7) is 0.456. The van der Waals surface area contributed by atoms with E-state index in [2.05, 4.69) is 50.1 Å². The Morgan fingerprint density at radius 2 is 1.67 bits per heavy atom. The first-order chi connectivity index (χ1) is 16.3. The Balaban J connectivity index is 1.41. The van der Waals surface area contributed by atoms with Crippen LogP contribution in [0.15, 0.2) is 97.5 Å². The van der Waals surface area contributed by atoms with Gasteiger partial charge < -0.3 is 10.3 Å². The molecule has 0 fully saturated rings. The molecule has 2 heterocycles. The number of aromatic amines is 1. The van der Waals surface area contributed by atoms with E-state index in [0.29, 0.717) is 13.0 Å². The minimum Gasteiger partial charge on any atom is -0.361 e. The second-order valence-electron chi connectivity index (χ2n) is 7.99. The highest BCUT2D eigenvalue weighted by molar-refractivity contribution is 5.84. The molecule has 0 radical (unpaired) electrons. The summed E-state index contributed by atoms with van der Waals surface area (Å²) in [4.78, 5) is 16.7. The van der Waals surface area contributed by atoms with Gasteiger partial charge in [-0.15, -0.1) is 5.10 Å². The Bertz CT molecular complexity index is 1310. The van der Waals surface area contributed by atoms with Crippen LogP contribution in [0.1, 0.15) is 28.7 Å². The molecular formula is C26H24N6O. The molecule has 2 N–H and O–H groups in total. The average Bonchev–Trinajstić information content (AvgIpc) is 3.55. The second kappa shape index (κ2) is 9.48. The number of carbonyl (C=O) groups is 1. The van der Waals surface area contributed by atoms with Gasteiger partial charge in [-0.1, -0.05) is 78.9 Å². The fraction of sp³-hybridized carbons (Fsp3) is 0.154. The van der Waals surface area contributed by atoms with Crippen molar-refractivity contribution in [3.63, 3.8) is 0 Å². The molecule has 0 saturated heterocycles. The van der Waals surface area contributed by atoms with Crippen LogP contribution in [0.3, 0.4) is 0 Å². The van der Waals surface area contributed by atoms with Gasteiger partial charge >= 0.3 is 0 Å². The third-order valence-electron chi connectivity index (χ3n) is 5.94. The summed E-state index contributed by atoms with van der Waals surface area (Å²) < 4.78 is 1.52. The number of amides is 1. The number of carbonyl (C=O) groups excluding carboxylic acids is 1. The molecule has 0 aliphatic rings. The van der Waals surface area contributed by atoms with Gasteiger partial charge in [-0.25, -0.2) is 4.68 Å². The third-order valence-corrected chi connectivity index (χ3v) is 5.94. The summed E-state index contributed by atoms with van der Waals surface area (Å²) in [5.74, 6) is -0.121. The molecule has 0 spiro atoms. The van der Waals surface area contributed by atoms with Crippen LogP contribution in [0.2, 0.25) is 0 Å². The molecule has 0 saturated carbocycles. The number of hydrogen-bond donors (Lipinski definition) is 2. The maximum Gasteiger partial charge on any atom is 0.245 e. The van der Waals surface area contributed by atoms with Crippen LogP contribution in [0, 0.1) is 0 Å². The van der Waals surface area contributed by atoms with Crippen molar-refractivity contribution in [2.24, 2.45) is 0 Å². The van der Waals surface area contributed by atoms with E-state index in [1.165, 1.54) is 11.0 Å². The molecule has 5 aromatic rings. The van der Waals surface area contributed by atoms with Crippen molar-refractivity contribution in [1.82, 2.24) is 30.5 Å². The van der Waals surface area contributed by atoms with E-state index < -0.39 is 6.04 Å². The molecule has 33 heavy (non-hydrogen) atoms. The van der Waals surface area contributed by atoms with E-state index in [1.54, 1.807) is 0 Å². The van der Waals surface area contributed by atoms with Gasteiger partial charge in [0.1, 0.15) is 12.4 Å². The molecule has 5 rings (SSSR count). The molecule has 7 heteroatoms. The van der Waals surface area contributed by atoms with Gasteiger partial charge in [0.15, 0.2) is 0 Å². The maximum atomic E-state index is 13.4. The Labute approximate surface area is 191 Å². The Hall–Kier alpha value is -4.26. The van der Waals surface area contributed by atoms with Crippen LogP contribution in [-0.4, -0.2) is 37.6 Å². The topological polar surface area (TPSA) is 88.5 Å². The van der Waals surface area contributed by atoms with E-state index in [4.69, 9.17) is 0 Å². The lowest BCUT2D eigenvalue weighted by molar-refractivity contribution is -0.124. The average molecular weight is 437 g/mol. The highest BCUT2D eigenvalue weighted by Crippen LogP contribution is 2.30. The fourth-order valence-electron chi connectivity index (χ4n) is 4.25. The van der Waals surface area contributed by atoms with Gasteiger partial charge in [-0.2, -0.15) is 0 Å². The van der Waals surface area contributed by atoms with Crippen molar-refractivity contribution in [1.29, 1.82) is 0 Å². The molecule has 0 bridgehead atoms. The van der Waals surface area contributed by atoms with Crippen molar-refractivity contribution in [3.8, 4) is 0 Å². The first kappa shape index (κ1) is 20.6. The van der Waals surface area contributed by atoms with Gasteiger partial charge in [0.2, 0.25) is 5.91 Å². The second-order valence-corrected chi connectivity index (χ2v) is 7.99. The highest BCUT2D eigenvalue weighted by Gasteiger charge is 2.25. The van der Waals surface area contributed by atoms with Crippen LogP contribution < -0.4 is 5.32 Å². The van der Waals surface area contributed by atoms with Crippen LogP contribution in [-0.2, 0) is 11.2 Å². The highest BCUT2D eigenvalue weighted by atomic mass is 16.2. The normalized spacial score (nSPS) is 13.0. The molecule has 1 amide bonds. The largest absolute Gasteiger partial charge is 0.361 e. The van der Waals surface area contributed by atoms with Crippen LogP contribution in [0.25, 0.3) is 10.9 Å². The van der Waals surface area contributed by atoms with Crippen molar-refractivity contribution in [2.45, 2.75) is 18.4 Å². The minimum atomic E-state index is -0.540. The maximum absolute atomic E-state index is 13.4. The van der Waals surface area contributed by atoms with E-state index in [9.17, 15) is 4.79 Å². The molecular weight excluding hydrogens is 412 g/mol. The number of aromatic nitrogens is 5. The van der Waals surface area contributed by atoms with Crippen LogP contribution >= 0.6 is 0 Å². The van der Waals surface area contributed by atoms with Gasteiger partial charge in [0.05, 0.1) is 0 Å². The lowest BCUT2D eigenvalue weighted by Gasteiger charge is -2.21. The van der Waals surface area contributed by atoms with E-state index in [1.807, 2.05) is 66.9 Å². The zero-order chi connectivity index (χ0) is 22.5. The number of hydrogen-bond acceptors (Lipinski definition) is 4. The quantitative estimate of drug-likeness (QED) is 0.386. The van der Waals surface area contributed by atoms with Gasteiger partial charge in [-0.05, 0) is 33.2 Å². The van der Waals surface area contributed by atoms with Crippen LogP contribution in [0.5, 0.6) is 0 Å². The number of H-pyrrole nitrogens is 1. The zero-order valence-corrected chi connectivity index (χ0v) is 18.0. The summed E-state index contributed by atoms with van der Waals surface area (Å²) in [5, 5.41) is 15.8. The number of tetrazole rings is 1. The lowest BCUT2D eigenvalue weighted by atomic mass is 9.90. The summed E-state index contributed by atoms with van der Waals surface area (Å²) >= 11 is 0. The predicted octanol–water partition coefficient (Wildman–Crippen LogP) is 3.89. The Morgan fingerprint density at radius 3 is 2.42 bits per heavy atom. The van der Waals surface area contributed by atoms with E-state index in [-0.39, 0.29) is 11.8 Å². The van der Waals surface area contributed by atoms with E-state index >= 15 is 0 Å². The monoisotopic (exact) mass is 436 g/mol. The van der Waals surface area contributed by atoms with Crippen molar-refractivity contribution in [3.05, 3.63) is 114 Å².